The number of rotatable bonds is 4. The van der Waals surface area contributed by atoms with E-state index in [1.165, 1.54) is 6.92 Å². The molecule has 68 valence electrons. The highest BCUT2D eigenvalue weighted by molar-refractivity contribution is 7.81. The van der Waals surface area contributed by atoms with Crippen molar-refractivity contribution in [3.05, 3.63) is 0 Å². The first-order valence-electron chi connectivity index (χ1n) is 3.05. The van der Waals surface area contributed by atoms with E-state index >= 15 is 0 Å². The van der Waals surface area contributed by atoms with Gasteiger partial charge in [0, 0.05) is 0 Å². The number of hydrogen-bond donors (Lipinski definition) is 1. The summed E-state index contributed by atoms with van der Waals surface area (Å²) in [4.78, 5) is 0. The van der Waals surface area contributed by atoms with E-state index in [9.17, 15) is 13.0 Å². The van der Waals surface area contributed by atoms with Gasteiger partial charge < -0.3 is 4.57 Å². The Bertz CT molecular complexity index is 233. The van der Waals surface area contributed by atoms with Crippen molar-refractivity contribution < 1.29 is 21.7 Å². The van der Waals surface area contributed by atoms with Crippen molar-refractivity contribution in [1.29, 1.82) is 0 Å². The minimum Gasteiger partial charge on any atom is -0.324 e. The molecule has 5 nitrogen and oxygen atoms in total. The predicted octanol–water partition coefficient (Wildman–Crippen LogP) is 0.731. The van der Waals surface area contributed by atoms with Crippen molar-refractivity contribution in [2.24, 2.45) is 0 Å². The van der Waals surface area contributed by atoms with Crippen LogP contribution in [-0.4, -0.2) is 25.0 Å². The predicted molar refractivity (Wildman–Crippen MR) is 41.6 cm³/mol. The van der Waals surface area contributed by atoms with Gasteiger partial charge in [-0.05, 0) is 13.1 Å². The van der Waals surface area contributed by atoms with Gasteiger partial charge in [0.2, 0.25) is 0 Å². The lowest BCUT2D eigenvalue weighted by Crippen LogP contribution is -2.11. The second kappa shape index (κ2) is 4.21. The van der Waals surface area contributed by atoms with Crippen molar-refractivity contribution in [3.8, 4) is 0 Å². The quantitative estimate of drug-likeness (QED) is 0.537. The van der Waals surface area contributed by atoms with Gasteiger partial charge in [-0.15, -0.1) is 0 Å². The topological polar surface area (TPSA) is 80.7 Å². The van der Waals surface area contributed by atoms with Gasteiger partial charge in [-0.1, -0.05) is 6.92 Å². The highest BCUT2D eigenvalue weighted by atomic mass is 32.3. The molecule has 0 amide bonds. The molecule has 0 aliphatic carbocycles. The Balaban J connectivity index is 4.09. The average molecular weight is 202 g/mol. The summed E-state index contributed by atoms with van der Waals surface area (Å²) in [5.41, 5.74) is 0. The minimum absolute atomic E-state index is 0.362. The van der Waals surface area contributed by atoms with Crippen LogP contribution in [0.2, 0.25) is 0 Å². The van der Waals surface area contributed by atoms with Crippen molar-refractivity contribution in [2.75, 3.05) is 6.16 Å². The van der Waals surface area contributed by atoms with E-state index in [4.69, 9.17) is 4.55 Å². The van der Waals surface area contributed by atoms with Crippen molar-refractivity contribution >= 4 is 18.2 Å². The van der Waals surface area contributed by atoms with Gasteiger partial charge in [-0.25, -0.2) is 4.18 Å². The largest absolute Gasteiger partial charge is 0.398 e. The smallest absolute Gasteiger partial charge is 0.324 e. The molecule has 2 unspecified atom stereocenters. The summed E-state index contributed by atoms with van der Waals surface area (Å²) < 4.78 is 43.2. The average Bonchev–Trinajstić information content (AvgIpc) is 1.82. The Labute approximate surface area is 66.5 Å². The molecule has 0 aliphatic rings. The van der Waals surface area contributed by atoms with Crippen molar-refractivity contribution in [3.63, 3.8) is 0 Å². The van der Waals surface area contributed by atoms with Gasteiger partial charge >= 0.3 is 10.4 Å². The fourth-order valence-electron chi connectivity index (χ4n) is 0.524. The van der Waals surface area contributed by atoms with Crippen LogP contribution in [0.4, 0.5) is 0 Å². The Morgan fingerprint density at radius 2 is 2.09 bits per heavy atom. The standard InChI is InChI=1S/C4H11O5PS/c1-3-10(5)4(2)9-11(6,7)8/h4,10H,3H2,1-2H3,(H,6,7,8). The zero-order chi connectivity index (χ0) is 9.07. The molecule has 0 fully saturated rings. The van der Waals surface area contributed by atoms with Crippen LogP contribution in [-0.2, 0) is 19.1 Å². The second-order valence-electron chi connectivity index (χ2n) is 1.99. The second-order valence-corrected chi connectivity index (χ2v) is 5.49. The first-order chi connectivity index (χ1) is 4.87. The molecule has 7 heteroatoms. The van der Waals surface area contributed by atoms with Crippen LogP contribution in [0.5, 0.6) is 0 Å². The first-order valence-corrected chi connectivity index (χ1v) is 6.11. The fourth-order valence-corrected chi connectivity index (χ4v) is 2.26. The van der Waals surface area contributed by atoms with Gasteiger partial charge in [0.15, 0.2) is 0 Å². The van der Waals surface area contributed by atoms with Crippen LogP contribution in [0.1, 0.15) is 13.8 Å². The normalized spacial score (nSPS) is 17.7. The SMILES string of the molecule is CC[PH](=O)C(C)OS(=O)(=O)O. The van der Waals surface area contributed by atoms with Crippen LogP contribution in [0.3, 0.4) is 0 Å². The summed E-state index contributed by atoms with van der Waals surface area (Å²) in [6.07, 6.45) is 0.362. The molecule has 2 atom stereocenters. The Morgan fingerprint density at radius 1 is 1.64 bits per heavy atom. The molecular weight excluding hydrogens is 191 g/mol. The third kappa shape index (κ3) is 5.38. The van der Waals surface area contributed by atoms with E-state index in [-0.39, 0.29) is 0 Å². The molecule has 0 aromatic rings. The fraction of sp³-hybridized carbons (Fsp3) is 1.00. The van der Waals surface area contributed by atoms with Crippen LogP contribution in [0.25, 0.3) is 0 Å². The van der Waals surface area contributed by atoms with E-state index in [0.29, 0.717) is 6.16 Å². The Morgan fingerprint density at radius 3 is 2.36 bits per heavy atom. The molecular formula is C4H11O5PS. The lowest BCUT2D eigenvalue weighted by atomic mass is 10.9. The van der Waals surface area contributed by atoms with E-state index in [2.05, 4.69) is 4.18 Å². The summed E-state index contributed by atoms with van der Waals surface area (Å²) in [6, 6.07) is 0. The van der Waals surface area contributed by atoms with Crippen LogP contribution in [0, 0.1) is 0 Å². The lowest BCUT2D eigenvalue weighted by molar-refractivity contribution is 0.253. The van der Waals surface area contributed by atoms with Crippen LogP contribution >= 0.6 is 7.80 Å². The van der Waals surface area contributed by atoms with Gasteiger partial charge in [-0.3, -0.25) is 4.55 Å². The first kappa shape index (κ1) is 11.1. The molecule has 0 spiro atoms. The van der Waals surface area contributed by atoms with Gasteiger partial charge in [0.1, 0.15) is 13.6 Å². The molecule has 0 aromatic carbocycles. The molecule has 0 heterocycles. The molecule has 0 saturated heterocycles. The lowest BCUT2D eigenvalue weighted by Gasteiger charge is -2.07. The molecule has 0 rings (SSSR count). The summed E-state index contributed by atoms with van der Waals surface area (Å²) in [6.45, 7) is 3.00. The summed E-state index contributed by atoms with van der Waals surface area (Å²) in [5, 5.41) is 0. The van der Waals surface area contributed by atoms with E-state index in [0.717, 1.165) is 0 Å². The van der Waals surface area contributed by atoms with Gasteiger partial charge in [0.25, 0.3) is 0 Å². The number of hydrogen-bond acceptors (Lipinski definition) is 4. The molecule has 0 aromatic heterocycles. The molecule has 0 saturated carbocycles. The summed E-state index contributed by atoms with van der Waals surface area (Å²) >= 11 is 0. The van der Waals surface area contributed by atoms with E-state index < -0.39 is 24.0 Å². The molecule has 0 bridgehead atoms. The molecule has 1 N–H and O–H groups in total. The third-order valence-electron chi connectivity index (χ3n) is 1.07. The maximum Gasteiger partial charge on any atom is 0.398 e. The monoisotopic (exact) mass is 202 g/mol. The highest BCUT2D eigenvalue weighted by Gasteiger charge is 2.16. The van der Waals surface area contributed by atoms with E-state index in [1.807, 2.05) is 0 Å². The van der Waals surface area contributed by atoms with Gasteiger partial charge in [0.05, 0.1) is 0 Å². The summed E-state index contributed by atoms with van der Waals surface area (Å²) in [5.74, 6) is -0.917. The molecule has 11 heavy (non-hydrogen) atoms. The van der Waals surface area contributed by atoms with Crippen molar-refractivity contribution in [2.45, 2.75) is 19.7 Å². The maximum atomic E-state index is 10.9. The van der Waals surface area contributed by atoms with Crippen molar-refractivity contribution in [1.82, 2.24) is 0 Å². The zero-order valence-electron chi connectivity index (χ0n) is 6.27. The van der Waals surface area contributed by atoms with Crippen LogP contribution < -0.4 is 0 Å². The third-order valence-corrected chi connectivity index (χ3v) is 3.49. The van der Waals surface area contributed by atoms with Crippen LogP contribution in [0.15, 0.2) is 0 Å². The zero-order valence-corrected chi connectivity index (χ0v) is 8.09. The highest BCUT2D eigenvalue weighted by Crippen LogP contribution is 2.28. The Kier molecular flexibility index (Phi) is 4.25. The summed E-state index contributed by atoms with van der Waals surface area (Å²) in [7, 11) is -6.50. The molecule has 0 radical (unpaired) electrons. The maximum absolute atomic E-state index is 10.9. The molecule has 0 aliphatic heterocycles. The van der Waals surface area contributed by atoms with Gasteiger partial charge in [-0.2, -0.15) is 8.42 Å². The van der Waals surface area contributed by atoms with E-state index in [1.54, 1.807) is 6.92 Å². The minimum atomic E-state index is -4.45. The Hall–Kier alpha value is 0.1000.